The number of amidine groups is 1. The van der Waals surface area contributed by atoms with Gasteiger partial charge in [-0.2, -0.15) is 10.3 Å². The Labute approximate surface area is 93.7 Å². The summed E-state index contributed by atoms with van der Waals surface area (Å²) in [4.78, 5) is 3.57. The summed E-state index contributed by atoms with van der Waals surface area (Å²) in [7, 11) is 1.70. The Hall–Kier alpha value is -1.79. The van der Waals surface area contributed by atoms with E-state index in [4.69, 9.17) is 16.9 Å². The standard InChI is InChI=1S/C11H10ClN3/c1-14-11(15-8-13)7-6-9-4-2-3-5-10(9)12/h2-7H,1H3,(H,14,15). The van der Waals surface area contributed by atoms with Gasteiger partial charge in [-0.3, -0.25) is 0 Å². The van der Waals surface area contributed by atoms with Gasteiger partial charge in [0.1, 0.15) is 5.84 Å². The van der Waals surface area contributed by atoms with E-state index in [-0.39, 0.29) is 0 Å². The number of rotatable bonds is 2. The Morgan fingerprint density at radius 1 is 1.53 bits per heavy atom. The number of halogens is 1. The third kappa shape index (κ3) is 3.45. The molecule has 0 amide bonds. The van der Waals surface area contributed by atoms with Gasteiger partial charge in [-0.25, -0.2) is 0 Å². The Balaban J connectivity index is 2.87. The maximum Gasteiger partial charge on any atom is 0.207 e. The van der Waals surface area contributed by atoms with Crippen LogP contribution in [0.15, 0.2) is 35.3 Å². The van der Waals surface area contributed by atoms with Crippen LogP contribution in [0.1, 0.15) is 5.56 Å². The first-order valence-corrected chi connectivity index (χ1v) is 4.73. The topological polar surface area (TPSA) is 48.2 Å². The van der Waals surface area contributed by atoms with Crippen LogP contribution < -0.4 is 5.32 Å². The molecule has 0 unspecified atom stereocenters. The van der Waals surface area contributed by atoms with Gasteiger partial charge >= 0.3 is 0 Å². The molecule has 0 atom stereocenters. The quantitative estimate of drug-likeness (QED) is 0.472. The van der Waals surface area contributed by atoms with Crippen molar-refractivity contribution in [1.29, 1.82) is 5.26 Å². The summed E-state index contributed by atoms with van der Waals surface area (Å²) in [5.41, 5.74) is 0.889. The zero-order valence-corrected chi connectivity index (χ0v) is 8.99. The minimum Gasteiger partial charge on any atom is -0.372 e. The zero-order chi connectivity index (χ0) is 11.1. The average molecular weight is 220 g/mol. The van der Waals surface area contributed by atoms with Gasteiger partial charge in [0.25, 0.3) is 0 Å². The number of benzene rings is 1. The Morgan fingerprint density at radius 3 is 2.87 bits per heavy atom. The third-order valence-corrected chi connectivity index (χ3v) is 2.10. The van der Waals surface area contributed by atoms with Crippen molar-refractivity contribution in [3.8, 4) is 6.19 Å². The number of nitrogens with one attached hydrogen (secondary N) is 1. The zero-order valence-electron chi connectivity index (χ0n) is 8.24. The fraction of sp³-hybridized carbons (Fsp3) is 0.0909. The second kappa shape index (κ2) is 5.84. The van der Waals surface area contributed by atoms with Crippen LogP contribution in [-0.4, -0.2) is 12.9 Å². The molecule has 15 heavy (non-hydrogen) atoms. The molecule has 0 radical (unpaired) electrons. The molecule has 0 heterocycles. The SMILES string of the molecule is CNC(C=Cc1ccccc1Cl)=NC#N. The molecule has 1 aromatic rings. The molecule has 0 aliphatic rings. The second-order valence-corrected chi connectivity index (χ2v) is 3.11. The van der Waals surface area contributed by atoms with Crippen LogP contribution in [0.2, 0.25) is 5.02 Å². The summed E-state index contributed by atoms with van der Waals surface area (Å²) < 4.78 is 0. The molecule has 0 spiro atoms. The third-order valence-electron chi connectivity index (χ3n) is 1.75. The van der Waals surface area contributed by atoms with Crippen molar-refractivity contribution in [3.05, 3.63) is 40.9 Å². The van der Waals surface area contributed by atoms with Crippen molar-refractivity contribution in [1.82, 2.24) is 5.32 Å². The molecular weight excluding hydrogens is 210 g/mol. The minimum atomic E-state index is 0.498. The van der Waals surface area contributed by atoms with E-state index in [0.29, 0.717) is 10.9 Å². The summed E-state index contributed by atoms with van der Waals surface area (Å²) in [6.07, 6.45) is 5.21. The molecule has 1 rings (SSSR count). The minimum absolute atomic E-state index is 0.498. The maximum atomic E-state index is 8.38. The highest BCUT2D eigenvalue weighted by Crippen LogP contribution is 2.15. The fourth-order valence-electron chi connectivity index (χ4n) is 1.01. The molecule has 0 saturated carbocycles. The predicted octanol–water partition coefficient (Wildman–Crippen LogP) is 2.45. The number of nitriles is 1. The molecule has 3 nitrogen and oxygen atoms in total. The number of hydrogen-bond acceptors (Lipinski definition) is 2. The highest BCUT2D eigenvalue weighted by atomic mass is 35.5. The molecule has 0 saturated heterocycles. The van der Waals surface area contributed by atoms with Crippen LogP contribution in [-0.2, 0) is 0 Å². The summed E-state index contributed by atoms with van der Waals surface area (Å²) in [5.74, 6) is 0.498. The molecule has 0 bridgehead atoms. The van der Waals surface area contributed by atoms with Gasteiger partial charge in [-0.1, -0.05) is 29.8 Å². The van der Waals surface area contributed by atoms with Gasteiger partial charge in [0.05, 0.1) is 0 Å². The van der Waals surface area contributed by atoms with E-state index in [0.717, 1.165) is 5.56 Å². The normalized spacial score (nSPS) is 11.4. The lowest BCUT2D eigenvalue weighted by Crippen LogP contribution is -2.14. The van der Waals surface area contributed by atoms with E-state index < -0.39 is 0 Å². The number of hydrogen-bond donors (Lipinski definition) is 1. The lowest BCUT2D eigenvalue weighted by atomic mass is 10.2. The van der Waals surface area contributed by atoms with Gasteiger partial charge in [0.15, 0.2) is 0 Å². The van der Waals surface area contributed by atoms with E-state index in [9.17, 15) is 0 Å². The first-order chi connectivity index (χ1) is 7.27. The van der Waals surface area contributed by atoms with E-state index in [2.05, 4.69) is 10.3 Å². The van der Waals surface area contributed by atoms with Crippen molar-refractivity contribution in [2.24, 2.45) is 4.99 Å². The molecule has 1 N–H and O–H groups in total. The van der Waals surface area contributed by atoms with Crippen molar-refractivity contribution >= 4 is 23.5 Å². The number of likely N-dealkylation sites (N-methyl/N-ethyl adjacent to an activating group) is 1. The number of nitrogens with zero attached hydrogens (tertiary/aromatic N) is 2. The van der Waals surface area contributed by atoms with E-state index >= 15 is 0 Å². The molecular formula is C11H10ClN3. The molecule has 76 valence electrons. The lowest BCUT2D eigenvalue weighted by Gasteiger charge is -1.98. The van der Waals surface area contributed by atoms with Crippen LogP contribution >= 0.6 is 11.6 Å². The van der Waals surface area contributed by atoms with E-state index in [1.807, 2.05) is 24.3 Å². The Morgan fingerprint density at radius 2 is 2.27 bits per heavy atom. The van der Waals surface area contributed by atoms with Crippen LogP contribution in [0.25, 0.3) is 6.08 Å². The predicted molar refractivity (Wildman–Crippen MR) is 62.6 cm³/mol. The summed E-state index contributed by atoms with van der Waals surface area (Å²) in [6, 6.07) is 7.45. The van der Waals surface area contributed by atoms with Gasteiger partial charge < -0.3 is 5.32 Å². The summed E-state index contributed by atoms with van der Waals surface area (Å²) >= 11 is 5.95. The van der Waals surface area contributed by atoms with Gasteiger partial charge in [0.2, 0.25) is 6.19 Å². The van der Waals surface area contributed by atoms with Gasteiger partial charge in [-0.15, -0.1) is 0 Å². The fourth-order valence-corrected chi connectivity index (χ4v) is 1.21. The van der Waals surface area contributed by atoms with Crippen LogP contribution in [0.4, 0.5) is 0 Å². The highest BCUT2D eigenvalue weighted by Gasteiger charge is 1.94. The number of aliphatic imine (C=N–C) groups is 1. The molecule has 0 fully saturated rings. The summed E-state index contributed by atoms with van der Waals surface area (Å²) in [6.45, 7) is 0. The largest absolute Gasteiger partial charge is 0.372 e. The molecule has 0 aromatic heterocycles. The highest BCUT2D eigenvalue weighted by molar-refractivity contribution is 6.32. The molecule has 1 aromatic carbocycles. The molecule has 0 aliphatic heterocycles. The average Bonchev–Trinajstić information content (AvgIpc) is 2.26. The van der Waals surface area contributed by atoms with Gasteiger partial charge in [0, 0.05) is 12.1 Å². The summed E-state index contributed by atoms with van der Waals surface area (Å²) in [5, 5.41) is 11.8. The first kappa shape index (κ1) is 11.3. The maximum absolute atomic E-state index is 8.38. The van der Waals surface area contributed by atoms with E-state index in [1.54, 1.807) is 25.4 Å². The lowest BCUT2D eigenvalue weighted by molar-refractivity contribution is 1.17. The molecule has 0 aliphatic carbocycles. The molecule has 4 heteroatoms. The van der Waals surface area contributed by atoms with E-state index in [1.165, 1.54) is 0 Å². The Bertz CT molecular complexity index is 430. The van der Waals surface area contributed by atoms with Crippen LogP contribution in [0, 0.1) is 11.5 Å². The van der Waals surface area contributed by atoms with Crippen molar-refractivity contribution in [2.45, 2.75) is 0 Å². The van der Waals surface area contributed by atoms with Crippen LogP contribution in [0.5, 0.6) is 0 Å². The van der Waals surface area contributed by atoms with Crippen molar-refractivity contribution < 1.29 is 0 Å². The smallest absolute Gasteiger partial charge is 0.207 e. The van der Waals surface area contributed by atoms with Crippen molar-refractivity contribution in [3.63, 3.8) is 0 Å². The van der Waals surface area contributed by atoms with Crippen molar-refractivity contribution in [2.75, 3.05) is 7.05 Å². The van der Waals surface area contributed by atoms with Crippen LogP contribution in [0.3, 0.4) is 0 Å². The monoisotopic (exact) mass is 219 g/mol. The Kier molecular flexibility index (Phi) is 4.39. The van der Waals surface area contributed by atoms with Gasteiger partial charge in [-0.05, 0) is 23.8 Å². The first-order valence-electron chi connectivity index (χ1n) is 4.35. The second-order valence-electron chi connectivity index (χ2n) is 2.70.